The van der Waals surface area contributed by atoms with Crippen molar-refractivity contribution in [3.8, 4) is 27.9 Å². The van der Waals surface area contributed by atoms with Gasteiger partial charge < -0.3 is 9.63 Å². The highest BCUT2D eigenvalue weighted by Gasteiger charge is 2.15. The highest BCUT2D eigenvalue weighted by atomic mass is 79.9. The fraction of sp³-hybridized carbons (Fsp3) is 0. The Labute approximate surface area is 119 Å². The van der Waals surface area contributed by atoms with Crippen LogP contribution in [0.3, 0.4) is 0 Å². The van der Waals surface area contributed by atoms with Gasteiger partial charge >= 0.3 is 0 Å². The fourth-order valence-corrected chi connectivity index (χ4v) is 2.89. The molecule has 0 fully saturated rings. The topological polar surface area (TPSA) is 59.2 Å². The van der Waals surface area contributed by atoms with Gasteiger partial charge in [0, 0.05) is 15.9 Å². The van der Waals surface area contributed by atoms with E-state index in [2.05, 4.69) is 26.1 Å². The van der Waals surface area contributed by atoms with Gasteiger partial charge in [-0.15, -0.1) is 11.3 Å². The zero-order valence-electron chi connectivity index (χ0n) is 9.30. The molecule has 0 aliphatic rings. The molecule has 4 nitrogen and oxygen atoms in total. The zero-order valence-corrected chi connectivity index (χ0v) is 11.7. The molecule has 0 aliphatic carbocycles. The van der Waals surface area contributed by atoms with Crippen molar-refractivity contribution in [3.63, 3.8) is 0 Å². The maximum Gasteiger partial charge on any atom is 0.261 e. The Kier molecular flexibility index (Phi) is 3.08. The summed E-state index contributed by atoms with van der Waals surface area (Å²) in [7, 11) is 0. The molecule has 7 heteroatoms. The second kappa shape index (κ2) is 4.75. The smallest absolute Gasteiger partial charge is 0.261 e. The normalized spacial score (nSPS) is 10.8. The number of thiophene rings is 1. The van der Waals surface area contributed by atoms with Crippen LogP contribution >= 0.6 is 27.3 Å². The Hall–Kier alpha value is -1.73. The Balaban J connectivity index is 2.01. The number of aromatic nitrogens is 2. The predicted octanol–water partition coefficient (Wildman–Crippen LogP) is 4.07. The highest BCUT2D eigenvalue weighted by molar-refractivity contribution is 9.10. The van der Waals surface area contributed by atoms with Crippen LogP contribution in [0.4, 0.5) is 4.39 Å². The molecule has 0 bridgehead atoms. The van der Waals surface area contributed by atoms with Gasteiger partial charge in [-0.3, -0.25) is 0 Å². The van der Waals surface area contributed by atoms with Gasteiger partial charge in [0.2, 0.25) is 5.82 Å². The lowest BCUT2D eigenvalue weighted by Crippen LogP contribution is -1.84. The van der Waals surface area contributed by atoms with Crippen molar-refractivity contribution in [1.29, 1.82) is 0 Å². The van der Waals surface area contributed by atoms with E-state index < -0.39 is 5.82 Å². The third-order valence-corrected chi connectivity index (χ3v) is 4.08. The summed E-state index contributed by atoms with van der Waals surface area (Å²) in [4.78, 5) is 4.97. The molecule has 0 saturated carbocycles. The average molecular weight is 341 g/mol. The summed E-state index contributed by atoms with van der Waals surface area (Å²) in [6.45, 7) is 0. The number of phenolic OH excluding ortho intramolecular Hbond substituents is 1. The first-order chi connectivity index (χ1) is 9.13. The van der Waals surface area contributed by atoms with Gasteiger partial charge in [-0.05, 0) is 34.1 Å². The maximum absolute atomic E-state index is 13.7. The van der Waals surface area contributed by atoms with Crippen LogP contribution in [0.25, 0.3) is 22.2 Å². The van der Waals surface area contributed by atoms with Crippen molar-refractivity contribution >= 4 is 27.3 Å². The molecular formula is C12H6BrFN2O2S. The summed E-state index contributed by atoms with van der Waals surface area (Å²) in [6.07, 6.45) is 0. The van der Waals surface area contributed by atoms with E-state index in [1.54, 1.807) is 0 Å². The van der Waals surface area contributed by atoms with Crippen LogP contribution in [-0.2, 0) is 0 Å². The van der Waals surface area contributed by atoms with Crippen molar-refractivity contribution in [2.75, 3.05) is 0 Å². The summed E-state index contributed by atoms with van der Waals surface area (Å²) in [5.41, 5.74) is 0.159. The van der Waals surface area contributed by atoms with E-state index in [1.165, 1.54) is 23.5 Å². The number of rotatable bonds is 2. The molecule has 3 aromatic rings. The molecule has 0 atom stereocenters. The predicted molar refractivity (Wildman–Crippen MR) is 72.4 cm³/mol. The number of nitrogens with zero attached hydrogens (tertiary/aromatic N) is 2. The number of halogens is 2. The van der Waals surface area contributed by atoms with E-state index in [9.17, 15) is 4.39 Å². The molecular weight excluding hydrogens is 335 g/mol. The van der Waals surface area contributed by atoms with E-state index >= 15 is 0 Å². The lowest BCUT2D eigenvalue weighted by molar-refractivity contribution is 0.429. The lowest BCUT2D eigenvalue weighted by atomic mass is 10.2. The second-order valence-corrected chi connectivity index (χ2v) is 5.54. The standard InChI is InChI=1S/C12H6BrFN2O2S/c13-6-3-10(19-5-6)11-15-12(18-16-11)8-2-1-7(17)4-9(8)14/h1-5,17H. The van der Waals surface area contributed by atoms with E-state index in [1.807, 2.05) is 11.4 Å². The third kappa shape index (κ3) is 2.39. The minimum absolute atomic E-state index is 0.0806. The van der Waals surface area contributed by atoms with Crippen LogP contribution in [0.1, 0.15) is 0 Å². The molecule has 3 rings (SSSR count). The van der Waals surface area contributed by atoms with Gasteiger partial charge in [-0.25, -0.2) is 4.39 Å². The maximum atomic E-state index is 13.7. The number of phenols is 1. The summed E-state index contributed by atoms with van der Waals surface area (Å²) < 4.78 is 19.6. The molecule has 0 saturated heterocycles. The van der Waals surface area contributed by atoms with E-state index in [4.69, 9.17) is 9.63 Å². The van der Waals surface area contributed by atoms with Gasteiger partial charge in [0.15, 0.2) is 0 Å². The van der Waals surface area contributed by atoms with Crippen LogP contribution in [0.15, 0.2) is 38.6 Å². The highest BCUT2D eigenvalue weighted by Crippen LogP contribution is 2.30. The second-order valence-electron chi connectivity index (χ2n) is 3.72. The van der Waals surface area contributed by atoms with Crippen LogP contribution in [0.2, 0.25) is 0 Å². The fourth-order valence-electron chi connectivity index (χ4n) is 1.54. The van der Waals surface area contributed by atoms with Crippen molar-refractivity contribution in [2.45, 2.75) is 0 Å². The van der Waals surface area contributed by atoms with Crippen LogP contribution in [0.5, 0.6) is 5.75 Å². The molecule has 0 amide bonds. The summed E-state index contributed by atoms with van der Waals surface area (Å²) >= 11 is 4.79. The first-order valence-electron chi connectivity index (χ1n) is 5.20. The third-order valence-electron chi connectivity index (χ3n) is 2.40. The zero-order chi connectivity index (χ0) is 13.4. The largest absolute Gasteiger partial charge is 0.508 e. The van der Waals surface area contributed by atoms with Gasteiger partial charge in [-0.2, -0.15) is 4.98 Å². The van der Waals surface area contributed by atoms with Gasteiger partial charge in [0.25, 0.3) is 5.89 Å². The monoisotopic (exact) mass is 340 g/mol. The van der Waals surface area contributed by atoms with E-state index in [0.29, 0.717) is 5.82 Å². The molecule has 1 N–H and O–H groups in total. The van der Waals surface area contributed by atoms with Crippen molar-refractivity contribution < 1.29 is 14.0 Å². The molecule has 0 unspecified atom stereocenters. The van der Waals surface area contributed by atoms with E-state index in [0.717, 1.165) is 15.4 Å². The number of hydrogen-bond donors (Lipinski definition) is 1. The molecule has 0 spiro atoms. The van der Waals surface area contributed by atoms with Crippen LogP contribution < -0.4 is 0 Å². The molecule has 0 radical (unpaired) electrons. The number of hydrogen-bond acceptors (Lipinski definition) is 5. The van der Waals surface area contributed by atoms with Gasteiger partial charge in [-0.1, -0.05) is 5.16 Å². The lowest BCUT2D eigenvalue weighted by Gasteiger charge is -1.97. The van der Waals surface area contributed by atoms with Crippen molar-refractivity contribution in [2.24, 2.45) is 0 Å². The summed E-state index contributed by atoms with van der Waals surface area (Å²) in [5.74, 6) is -0.277. The molecule has 2 heterocycles. The molecule has 0 aliphatic heterocycles. The minimum atomic E-state index is -0.609. The Morgan fingerprint density at radius 2 is 2.16 bits per heavy atom. The van der Waals surface area contributed by atoms with Crippen molar-refractivity contribution in [1.82, 2.24) is 10.1 Å². The molecule has 96 valence electrons. The quantitative estimate of drug-likeness (QED) is 0.763. The summed E-state index contributed by atoms with van der Waals surface area (Å²) in [6, 6.07) is 5.61. The van der Waals surface area contributed by atoms with Gasteiger partial charge in [0.05, 0.1) is 10.4 Å². The van der Waals surface area contributed by atoms with E-state index in [-0.39, 0.29) is 17.2 Å². The minimum Gasteiger partial charge on any atom is -0.508 e. The molecule has 1 aromatic carbocycles. The summed E-state index contributed by atoms with van der Waals surface area (Å²) in [5, 5.41) is 14.9. The van der Waals surface area contributed by atoms with Crippen LogP contribution in [-0.4, -0.2) is 15.2 Å². The Morgan fingerprint density at radius 3 is 2.84 bits per heavy atom. The average Bonchev–Trinajstić information content (AvgIpc) is 2.97. The first-order valence-corrected chi connectivity index (χ1v) is 6.88. The van der Waals surface area contributed by atoms with Crippen molar-refractivity contribution in [3.05, 3.63) is 39.9 Å². The van der Waals surface area contributed by atoms with Crippen LogP contribution in [0, 0.1) is 5.82 Å². The van der Waals surface area contributed by atoms with Gasteiger partial charge in [0.1, 0.15) is 11.6 Å². The first kappa shape index (κ1) is 12.3. The Morgan fingerprint density at radius 1 is 1.32 bits per heavy atom. The number of aromatic hydroxyl groups is 1. The Bertz CT molecular complexity index is 741. The SMILES string of the molecule is Oc1ccc(-c2nc(-c3cc(Br)cs3)no2)c(F)c1. The molecule has 2 aromatic heterocycles. The number of benzene rings is 1. The molecule has 19 heavy (non-hydrogen) atoms.